The highest BCUT2D eigenvalue weighted by atomic mass is 35.5. The number of halogens is 1. The highest BCUT2D eigenvalue weighted by Crippen LogP contribution is 2.32. The van der Waals surface area contributed by atoms with E-state index in [1.165, 1.54) is 0 Å². The van der Waals surface area contributed by atoms with E-state index in [0.717, 1.165) is 32.5 Å². The van der Waals surface area contributed by atoms with Crippen LogP contribution in [-0.2, 0) is 0 Å². The molecule has 1 fully saturated rings. The summed E-state index contributed by atoms with van der Waals surface area (Å²) in [6.45, 7) is 4.67. The first kappa shape index (κ1) is 18.6. The molecule has 1 aliphatic heterocycles. The average molecular weight is 329 g/mol. The van der Waals surface area contributed by atoms with Gasteiger partial charge in [0, 0.05) is 19.1 Å². The van der Waals surface area contributed by atoms with Gasteiger partial charge in [-0.25, -0.2) is 0 Å². The van der Waals surface area contributed by atoms with E-state index in [9.17, 15) is 4.79 Å². The Labute approximate surface area is 138 Å². The van der Waals surface area contributed by atoms with Crippen LogP contribution in [0.3, 0.4) is 0 Å². The zero-order valence-corrected chi connectivity index (χ0v) is 14.2. The molecule has 22 heavy (non-hydrogen) atoms. The van der Waals surface area contributed by atoms with Gasteiger partial charge in [-0.1, -0.05) is 13.0 Å². The highest BCUT2D eigenvalue weighted by Gasteiger charge is 2.29. The zero-order valence-electron chi connectivity index (χ0n) is 13.4. The first-order valence-electron chi connectivity index (χ1n) is 7.45. The van der Waals surface area contributed by atoms with Crippen LogP contribution in [0.15, 0.2) is 18.2 Å². The Balaban J connectivity index is 0.00000242. The number of hydrogen-bond donors (Lipinski definition) is 1. The summed E-state index contributed by atoms with van der Waals surface area (Å²) in [6, 6.07) is 5.69. The van der Waals surface area contributed by atoms with Crippen molar-refractivity contribution in [2.75, 3.05) is 33.9 Å². The molecule has 1 atom stereocenters. The lowest BCUT2D eigenvalue weighted by Crippen LogP contribution is -2.42. The third-order valence-electron chi connectivity index (χ3n) is 3.83. The number of rotatable bonds is 6. The molecule has 0 spiro atoms. The SMILES string of the molecule is CCCN(C(=O)c1cccc(OC)c1OC)C1CCNC1.Cl. The standard InChI is InChI=1S/C16H24N2O3.ClH/c1-4-10-18(12-8-9-17-11-12)16(19)13-6-5-7-14(20-2)15(13)21-3;/h5-7,12,17H,4,8-11H2,1-3H3;1H. The molecule has 1 aromatic carbocycles. The third-order valence-corrected chi connectivity index (χ3v) is 3.83. The Bertz CT molecular complexity index is 490. The number of amides is 1. The highest BCUT2D eigenvalue weighted by molar-refractivity contribution is 5.98. The lowest BCUT2D eigenvalue weighted by molar-refractivity contribution is 0.0688. The molecule has 0 aromatic heterocycles. The van der Waals surface area contributed by atoms with Crippen molar-refractivity contribution >= 4 is 18.3 Å². The van der Waals surface area contributed by atoms with E-state index in [1.54, 1.807) is 26.4 Å². The molecule has 0 radical (unpaired) electrons. The van der Waals surface area contributed by atoms with Crippen molar-refractivity contribution in [3.8, 4) is 11.5 Å². The second kappa shape index (κ2) is 8.86. The van der Waals surface area contributed by atoms with Crippen LogP contribution in [0, 0.1) is 0 Å². The maximum atomic E-state index is 12.9. The smallest absolute Gasteiger partial charge is 0.258 e. The number of carbonyl (C=O) groups excluding carboxylic acids is 1. The fourth-order valence-electron chi connectivity index (χ4n) is 2.81. The van der Waals surface area contributed by atoms with Gasteiger partial charge in [-0.3, -0.25) is 4.79 Å². The monoisotopic (exact) mass is 328 g/mol. The molecule has 0 bridgehead atoms. The van der Waals surface area contributed by atoms with Gasteiger partial charge in [-0.15, -0.1) is 12.4 Å². The van der Waals surface area contributed by atoms with Gasteiger partial charge in [0.25, 0.3) is 5.91 Å². The van der Waals surface area contributed by atoms with Gasteiger partial charge >= 0.3 is 0 Å². The summed E-state index contributed by atoms with van der Waals surface area (Å²) in [4.78, 5) is 14.9. The lowest BCUT2D eigenvalue weighted by atomic mass is 10.1. The number of ether oxygens (including phenoxy) is 2. The number of nitrogens with zero attached hydrogens (tertiary/aromatic N) is 1. The van der Waals surface area contributed by atoms with Crippen LogP contribution in [0.5, 0.6) is 11.5 Å². The van der Waals surface area contributed by atoms with Gasteiger partial charge in [0.2, 0.25) is 0 Å². The largest absolute Gasteiger partial charge is 0.493 e. The molecule has 2 rings (SSSR count). The van der Waals surface area contributed by atoms with E-state index < -0.39 is 0 Å². The minimum atomic E-state index is 0. The van der Waals surface area contributed by atoms with Gasteiger partial charge in [0.1, 0.15) is 0 Å². The van der Waals surface area contributed by atoms with E-state index in [2.05, 4.69) is 12.2 Å². The van der Waals surface area contributed by atoms with Crippen molar-refractivity contribution in [2.24, 2.45) is 0 Å². The van der Waals surface area contributed by atoms with Crippen LogP contribution in [-0.4, -0.2) is 50.7 Å². The van der Waals surface area contributed by atoms with E-state index in [-0.39, 0.29) is 24.4 Å². The first-order chi connectivity index (χ1) is 10.2. The van der Waals surface area contributed by atoms with Crippen molar-refractivity contribution in [2.45, 2.75) is 25.8 Å². The number of methoxy groups -OCH3 is 2. The quantitative estimate of drug-likeness (QED) is 0.871. The van der Waals surface area contributed by atoms with Crippen molar-refractivity contribution in [3.05, 3.63) is 23.8 Å². The van der Waals surface area contributed by atoms with Gasteiger partial charge in [0.05, 0.1) is 19.8 Å². The number of nitrogens with one attached hydrogen (secondary N) is 1. The van der Waals surface area contributed by atoms with E-state index >= 15 is 0 Å². The second-order valence-electron chi connectivity index (χ2n) is 5.19. The molecular weight excluding hydrogens is 304 g/mol. The third kappa shape index (κ3) is 3.84. The summed E-state index contributed by atoms with van der Waals surface area (Å²) in [7, 11) is 3.15. The molecule has 1 unspecified atom stereocenters. The van der Waals surface area contributed by atoms with Gasteiger partial charge in [-0.2, -0.15) is 0 Å². The molecule has 5 nitrogen and oxygen atoms in total. The number of benzene rings is 1. The minimum Gasteiger partial charge on any atom is -0.493 e. The first-order valence-corrected chi connectivity index (χ1v) is 7.45. The maximum Gasteiger partial charge on any atom is 0.258 e. The van der Waals surface area contributed by atoms with Crippen LogP contribution in [0.4, 0.5) is 0 Å². The summed E-state index contributed by atoms with van der Waals surface area (Å²) >= 11 is 0. The molecule has 1 saturated heterocycles. The Kier molecular flexibility index (Phi) is 7.48. The summed E-state index contributed by atoms with van der Waals surface area (Å²) < 4.78 is 10.7. The van der Waals surface area contributed by atoms with Gasteiger partial charge in [-0.05, 0) is 31.5 Å². The minimum absolute atomic E-state index is 0. The molecular formula is C16H25ClN2O3. The van der Waals surface area contributed by atoms with Crippen LogP contribution >= 0.6 is 12.4 Å². The van der Waals surface area contributed by atoms with E-state index in [1.807, 2.05) is 11.0 Å². The van der Waals surface area contributed by atoms with Crippen molar-refractivity contribution in [3.63, 3.8) is 0 Å². The summed E-state index contributed by atoms with van der Waals surface area (Å²) in [5, 5.41) is 3.32. The lowest BCUT2D eigenvalue weighted by Gasteiger charge is -2.29. The van der Waals surface area contributed by atoms with Crippen LogP contribution in [0.25, 0.3) is 0 Å². The second-order valence-corrected chi connectivity index (χ2v) is 5.19. The van der Waals surface area contributed by atoms with Crippen molar-refractivity contribution < 1.29 is 14.3 Å². The molecule has 1 amide bonds. The van der Waals surface area contributed by atoms with Crippen LogP contribution in [0.2, 0.25) is 0 Å². The van der Waals surface area contributed by atoms with Crippen LogP contribution in [0.1, 0.15) is 30.1 Å². The molecule has 0 saturated carbocycles. The predicted octanol–water partition coefficient (Wildman–Crippen LogP) is 2.34. The zero-order chi connectivity index (χ0) is 15.2. The molecule has 1 N–H and O–H groups in total. The normalized spacial score (nSPS) is 16.8. The fourth-order valence-corrected chi connectivity index (χ4v) is 2.81. The number of carbonyl (C=O) groups is 1. The van der Waals surface area contributed by atoms with Crippen LogP contribution < -0.4 is 14.8 Å². The average Bonchev–Trinajstić information content (AvgIpc) is 3.05. The van der Waals surface area contributed by atoms with E-state index in [4.69, 9.17) is 9.47 Å². The number of hydrogen-bond acceptors (Lipinski definition) is 4. The van der Waals surface area contributed by atoms with Gasteiger partial charge < -0.3 is 19.7 Å². The Morgan fingerprint density at radius 2 is 2.14 bits per heavy atom. The Morgan fingerprint density at radius 3 is 2.68 bits per heavy atom. The fraction of sp³-hybridized carbons (Fsp3) is 0.562. The summed E-state index contributed by atoms with van der Waals surface area (Å²) in [6.07, 6.45) is 1.94. The van der Waals surface area contributed by atoms with Crippen molar-refractivity contribution in [1.82, 2.24) is 10.2 Å². The van der Waals surface area contributed by atoms with Gasteiger partial charge in [0.15, 0.2) is 11.5 Å². The Morgan fingerprint density at radius 1 is 1.36 bits per heavy atom. The maximum absolute atomic E-state index is 12.9. The molecule has 124 valence electrons. The summed E-state index contributed by atoms with van der Waals surface area (Å²) in [5.41, 5.74) is 0.567. The van der Waals surface area contributed by atoms with Crippen molar-refractivity contribution in [1.29, 1.82) is 0 Å². The Hall–Kier alpha value is -1.46. The molecule has 1 aromatic rings. The topological polar surface area (TPSA) is 50.8 Å². The predicted molar refractivity (Wildman–Crippen MR) is 89.4 cm³/mol. The number of para-hydroxylation sites is 1. The summed E-state index contributed by atoms with van der Waals surface area (Å²) in [5.74, 6) is 1.11. The molecule has 0 aliphatic carbocycles. The molecule has 6 heteroatoms. The molecule has 1 heterocycles. The van der Waals surface area contributed by atoms with E-state index in [0.29, 0.717) is 17.1 Å². The molecule has 1 aliphatic rings.